The fraction of sp³-hybridized carbons (Fsp3) is 0.125. The van der Waals surface area contributed by atoms with Crippen LogP contribution in [0.4, 0.5) is 0 Å². The number of carbonyl (C=O) groups is 2. The molecule has 108 valence electrons. The van der Waals surface area contributed by atoms with Gasteiger partial charge in [-0.2, -0.15) is 0 Å². The number of carbonyl (C=O) groups excluding carboxylic acids is 2. The normalized spacial score (nSPS) is 10.0. The van der Waals surface area contributed by atoms with Crippen molar-refractivity contribution in [2.24, 2.45) is 0 Å². The van der Waals surface area contributed by atoms with Gasteiger partial charge in [-0.3, -0.25) is 0 Å². The monoisotopic (exact) mass is 304 g/mol. The van der Waals surface area contributed by atoms with Gasteiger partial charge in [0.25, 0.3) is 0 Å². The molecule has 2 aromatic carbocycles. The molecule has 0 amide bonds. The molecule has 21 heavy (non-hydrogen) atoms. The van der Waals surface area contributed by atoms with Crippen LogP contribution >= 0.6 is 11.6 Å². The molecule has 0 bridgehead atoms. The summed E-state index contributed by atoms with van der Waals surface area (Å²) >= 11 is 5.86. The highest BCUT2D eigenvalue weighted by molar-refractivity contribution is 6.30. The molecule has 0 unspecified atom stereocenters. The molecule has 0 atom stereocenters. The van der Waals surface area contributed by atoms with Crippen LogP contribution in [0, 0.1) is 0 Å². The van der Waals surface area contributed by atoms with Gasteiger partial charge in [0.1, 0.15) is 0 Å². The summed E-state index contributed by atoms with van der Waals surface area (Å²) in [5.41, 5.74) is 2.10. The van der Waals surface area contributed by atoms with Gasteiger partial charge in [-0.1, -0.05) is 23.7 Å². The molecule has 0 heterocycles. The second-order valence-corrected chi connectivity index (χ2v) is 4.73. The van der Waals surface area contributed by atoms with Crippen LogP contribution in [-0.2, 0) is 9.47 Å². The zero-order chi connectivity index (χ0) is 15.4. The third-order valence-electron chi connectivity index (χ3n) is 2.95. The fourth-order valence-electron chi connectivity index (χ4n) is 1.91. The van der Waals surface area contributed by atoms with E-state index >= 15 is 0 Å². The first-order valence-corrected chi connectivity index (χ1v) is 6.50. The minimum atomic E-state index is -0.518. The van der Waals surface area contributed by atoms with Gasteiger partial charge >= 0.3 is 11.9 Å². The highest BCUT2D eigenvalue weighted by Gasteiger charge is 2.14. The van der Waals surface area contributed by atoms with Gasteiger partial charge in [0.05, 0.1) is 25.3 Å². The molecule has 5 heteroatoms. The first kappa shape index (κ1) is 15.1. The third kappa shape index (κ3) is 3.41. The van der Waals surface area contributed by atoms with Gasteiger partial charge in [-0.15, -0.1) is 0 Å². The number of hydrogen-bond donors (Lipinski definition) is 0. The highest BCUT2D eigenvalue weighted by Crippen LogP contribution is 2.25. The van der Waals surface area contributed by atoms with E-state index in [2.05, 4.69) is 0 Å². The number of esters is 2. The van der Waals surface area contributed by atoms with Crippen LogP contribution in [-0.4, -0.2) is 26.2 Å². The molecule has 0 spiro atoms. The summed E-state index contributed by atoms with van der Waals surface area (Å²) in [6, 6.07) is 11.8. The maximum Gasteiger partial charge on any atom is 0.337 e. The zero-order valence-electron chi connectivity index (χ0n) is 11.6. The van der Waals surface area contributed by atoms with Crippen molar-refractivity contribution in [3.63, 3.8) is 0 Å². The topological polar surface area (TPSA) is 52.6 Å². The molecule has 0 saturated heterocycles. The number of benzene rings is 2. The van der Waals surface area contributed by atoms with Crippen molar-refractivity contribution in [3.05, 3.63) is 58.6 Å². The molecule has 0 aliphatic rings. The molecule has 2 aromatic rings. The summed E-state index contributed by atoms with van der Waals surface area (Å²) in [6.45, 7) is 0. The zero-order valence-corrected chi connectivity index (χ0v) is 12.3. The van der Waals surface area contributed by atoms with Crippen molar-refractivity contribution in [1.29, 1.82) is 0 Å². The minimum Gasteiger partial charge on any atom is -0.465 e. The Morgan fingerprint density at radius 1 is 0.810 bits per heavy atom. The number of ether oxygens (including phenoxy) is 2. The summed E-state index contributed by atoms with van der Waals surface area (Å²) in [4.78, 5) is 23.4. The lowest BCUT2D eigenvalue weighted by atomic mass is 10.00. The molecule has 0 fully saturated rings. The SMILES string of the molecule is COC(=O)c1cc(C(=O)OC)cc(-c2ccc(Cl)cc2)c1. The first-order chi connectivity index (χ1) is 10.0. The maximum atomic E-state index is 11.7. The van der Waals surface area contributed by atoms with E-state index in [4.69, 9.17) is 21.1 Å². The fourth-order valence-corrected chi connectivity index (χ4v) is 2.03. The van der Waals surface area contributed by atoms with Crippen LogP contribution in [0.15, 0.2) is 42.5 Å². The molecule has 0 aromatic heterocycles. The van der Waals surface area contributed by atoms with Gasteiger partial charge in [-0.05, 0) is 41.5 Å². The Kier molecular flexibility index (Phi) is 4.60. The van der Waals surface area contributed by atoms with Crippen LogP contribution in [0.25, 0.3) is 11.1 Å². The predicted octanol–water partition coefficient (Wildman–Crippen LogP) is 3.58. The van der Waals surface area contributed by atoms with Gasteiger partial charge < -0.3 is 9.47 Å². The summed E-state index contributed by atoms with van der Waals surface area (Å²) in [5.74, 6) is -1.04. The first-order valence-electron chi connectivity index (χ1n) is 6.13. The van der Waals surface area contributed by atoms with E-state index in [1.807, 2.05) is 0 Å². The Bertz CT molecular complexity index is 643. The molecular weight excluding hydrogens is 292 g/mol. The van der Waals surface area contributed by atoms with Crippen molar-refractivity contribution in [2.45, 2.75) is 0 Å². The quantitative estimate of drug-likeness (QED) is 0.813. The van der Waals surface area contributed by atoms with Gasteiger partial charge in [0.15, 0.2) is 0 Å². The van der Waals surface area contributed by atoms with Gasteiger partial charge in [0, 0.05) is 5.02 Å². The molecule has 0 aliphatic heterocycles. The van der Waals surface area contributed by atoms with E-state index < -0.39 is 11.9 Å². The second kappa shape index (κ2) is 6.41. The number of hydrogen-bond acceptors (Lipinski definition) is 4. The summed E-state index contributed by atoms with van der Waals surface area (Å²) < 4.78 is 9.40. The third-order valence-corrected chi connectivity index (χ3v) is 3.20. The van der Waals surface area contributed by atoms with Gasteiger partial charge in [-0.25, -0.2) is 9.59 Å². The van der Waals surface area contributed by atoms with E-state index in [9.17, 15) is 9.59 Å². The largest absolute Gasteiger partial charge is 0.465 e. The van der Waals surface area contributed by atoms with E-state index in [1.165, 1.54) is 20.3 Å². The van der Waals surface area contributed by atoms with Crippen molar-refractivity contribution < 1.29 is 19.1 Å². The van der Waals surface area contributed by atoms with E-state index in [-0.39, 0.29) is 11.1 Å². The lowest BCUT2D eigenvalue weighted by Crippen LogP contribution is -2.07. The van der Waals surface area contributed by atoms with Crippen LogP contribution < -0.4 is 0 Å². The predicted molar refractivity (Wildman–Crippen MR) is 79.6 cm³/mol. The Morgan fingerprint density at radius 2 is 1.29 bits per heavy atom. The Balaban J connectivity index is 2.56. The van der Waals surface area contributed by atoms with E-state index in [1.54, 1.807) is 36.4 Å². The van der Waals surface area contributed by atoms with E-state index in [0.717, 1.165) is 5.56 Å². The molecule has 0 saturated carbocycles. The van der Waals surface area contributed by atoms with Crippen LogP contribution in [0.1, 0.15) is 20.7 Å². The summed E-state index contributed by atoms with van der Waals surface area (Å²) in [7, 11) is 2.57. The molecule has 0 radical (unpaired) electrons. The average molecular weight is 305 g/mol. The van der Waals surface area contributed by atoms with Crippen molar-refractivity contribution >= 4 is 23.5 Å². The molecule has 0 aliphatic carbocycles. The smallest absolute Gasteiger partial charge is 0.337 e. The second-order valence-electron chi connectivity index (χ2n) is 4.29. The van der Waals surface area contributed by atoms with Crippen molar-refractivity contribution in [1.82, 2.24) is 0 Å². The lowest BCUT2D eigenvalue weighted by molar-refractivity contribution is 0.0599. The number of halogens is 1. The summed E-state index contributed by atoms with van der Waals surface area (Å²) in [5, 5.41) is 0.607. The standard InChI is InChI=1S/C16H13ClO4/c1-20-15(18)12-7-11(8-13(9-12)16(19)21-2)10-3-5-14(17)6-4-10/h3-9H,1-2H3. The summed E-state index contributed by atoms with van der Waals surface area (Å²) in [6.07, 6.45) is 0. The molecule has 2 rings (SSSR count). The van der Waals surface area contributed by atoms with E-state index in [0.29, 0.717) is 10.6 Å². The van der Waals surface area contributed by atoms with Crippen LogP contribution in [0.3, 0.4) is 0 Å². The number of rotatable bonds is 3. The molecule has 4 nitrogen and oxygen atoms in total. The minimum absolute atomic E-state index is 0.283. The van der Waals surface area contributed by atoms with Crippen molar-refractivity contribution in [3.8, 4) is 11.1 Å². The molecule has 0 N–H and O–H groups in total. The maximum absolute atomic E-state index is 11.7. The highest BCUT2D eigenvalue weighted by atomic mass is 35.5. The lowest BCUT2D eigenvalue weighted by Gasteiger charge is -2.08. The average Bonchev–Trinajstić information content (AvgIpc) is 2.53. The van der Waals surface area contributed by atoms with Crippen molar-refractivity contribution in [2.75, 3.05) is 14.2 Å². The van der Waals surface area contributed by atoms with Crippen LogP contribution in [0.5, 0.6) is 0 Å². The van der Waals surface area contributed by atoms with Crippen LogP contribution in [0.2, 0.25) is 5.02 Å². The molecular formula is C16H13ClO4. The number of methoxy groups -OCH3 is 2. The Labute approximate surface area is 127 Å². The van der Waals surface area contributed by atoms with Gasteiger partial charge in [0.2, 0.25) is 0 Å². The Hall–Kier alpha value is -2.33. The Morgan fingerprint density at radius 3 is 1.71 bits per heavy atom.